The van der Waals surface area contributed by atoms with E-state index in [9.17, 15) is 13.5 Å². The summed E-state index contributed by atoms with van der Waals surface area (Å²) in [6.45, 7) is 5.54. The molecule has 0 unspecified atom stereocenters. The lowest BCUT2D eigenvalue weighted by Crippen LogP contribution is -2.15. The molecule has 0 aliphatic heterocycles. The normalized spacial score (nSPS) is 14.8. The fraction of sp³-hybridized carbons (Fsp3) is 0.467. The smallest absolute Gasteiger partial charge is 0.178 e. The highest BCUT2D eigenvalue weighted by Crippen LogP contribution is 2.17. The number of rotatable bonds is 8. The molecule has 0 aliphatic rings. The second kappa shape index (κ2) is 7.46. The molecule has 19 heavy (non-hydrogen) atoms. The lowest BCUT2D eigenvalue weighted by Gasteiger charge is -2.15. The summed E-state index contributed by atoms with van der Waals surface area (Å²) in [6, 6.07) is 8.49. The molecule has 0 fully saturated rings. The molecule has 0 bridgehead atoms. The van der Waals surface area contributed by atoms with Crippen LogP contribution in [-0.4, -0.2) is 25.4 Å². The van der Waals surface area contributed by atoms with Crippen molar-refractivity contribution in [2.24, 2.45) is 5.92 Å². The van der Waals surface area contributed by atoms with Crippen molar-refractivity contribution in [3.63, 3.8) is 0 Å². The fourth-order valence-electron chi connectivity index (χ4n) is 1.97. The Morgan fingerprint density at radius 3 is 2.53 bits per heavy atom. The molecule has 0 saturated heterocycles. The van der Waals surface area contributed by atoms with Gasteiger partial charge in [0, 0.05) is 0 Å². The van der Waals surface area contributed by atoms with Crippen LogP contribution in [0.1, 0.15) is 26.2 Å². The lowest BCUT2D eigenvalue weighted by molar-refractivity contribution is 0.147. The van der Waals surface area contributed by atoms with E-state index in [-0.39, 0.29) is 11.7 Å². The molecule has 106 valence electrons. The van der Waals surface area contributed by atoms with Gasteiger partial charge < -0.3 is 5.11 Å². The molecule has 3 nitrogen and oxygen atoms in total. The molecule has 2 atom stereocenters. The first kappa shape index (κ1) is 15.9. The van der Waals surface area contributed by atoms with Crippen LogP contribution in [0.5, 0.6) is 0 Å². The molecule has 4 heteroatoms. The monoisotopic (exact) mass is 282 g/mol. The zero-order valence-corrected chi connectivity index (χ0v) is 12.1. The standard InChI is InChI=1S/C15H22O3S/c1-3-7-14(16)12-13(2)10-11-19(17,18)15-8-5-4-6-9-15/h3-6,8-9,13-14,16H,1,7,10-12H2,2H3/t13-,14-/m0/s1. The van der Waals surface area contributed by atoms with Crippen molar-refractivity contribution in [2.45, 2.75) is 37.2 Å². The van der Waals surface area contributed by atoms with Crippen LogP contribution in [0.2, 0.25) is 0 Å². The van der Waals surface area contributed by atoms with Crippen LogP contribution in [0.3, 0.4) is 0 Å². The molecule has 0 saturated carbocycles. The topological polar surface area (TPSA) is 54.4 Å². The highest BCUT2D eigenvalue weighted by molar-refractivity contribution is 7.91. The van der Waals surface area contributed by atoms with Gasteiger partial charge in [-0.15, -0.1) is 6.58 Å². The number of aliphatic hydroxyl groups excluding tert-OH is 1. The Labute approximate surface area is 115 Å². The number of sulfone groups is 1. The Bertz CT molecular complexity index is 479. The second-order valence-corrected chi connectivity index (χ2v) is 7.05. The minimum Gasteiger partial charge on any atom is -0.393 e. The second-order valence-electron chi connectivity index (χ2n) is 4.94. The van der Waals surface area contributed by atoms with Gasteiger partial charge in [0.05, 0.1) is 16.8 Å². The predicted octanol–water partition coefficient (Wildman–Crippen LogP) is 2.81. The van der Waals surface area contributed by atoms with E-state index >= 15 is 0 Å². The maximum atomic E-state index is 12.1. The molecule has 0 heterocycles. The molecular weight excluding hydrogens is 260 g/mol. The number of benzene rings is 1. The third kappa shape index (κ3) is 5.57. The van der Waals surface area contributed by atoms with Crippen LogP contribution in [0.25, 0.3) is 0 Å². The van der Waals surface area contributed by atoms with Gasteiger partial charge in [-0.1, -0.05) is 31.2 Å². The van der Waals surface area contributed by atoms with Crippen LogP contribution in [-0.2, 0) is 9.84 Å². The Kier molecular flexibility index (Phi) is 6.25. The first-order valence-electron chi connectivity index (χ1n) is 6.52. The fourth-order valence-corrected chi connectivity index (χ4v) is 3.49. The summed E-state index contributed by atoms with van der Waals surface area (Å²) in [7, 11) is -3.21. The third-order valence-corrected chi connectivity index (χ3v) is 4.86. The van der Waals surface area contributed by atoms with Crippen LogP contribution in [0.4, 0.5) is 0 Å². The number of hydrogen-bond acceptors (Lipinski definition) is 3. The number of hydrogen-bond donors (Lipinski definition) is 1. The Morgan fingerprint density at radius 1 is 1.32 bits per heavy atom. The Balaban J connectivity index is 2.50. The summed E-state index contributed by atoms with van der Waals surface area (Å²) in [6.07, 6.45) is 2.97. The van der Waals surface area contributed by atoms with Crippen LogP contribution in [0.15, 0.2) is 47.9 Å². The van der Waals surface area contributed by atoms with Gasteiger partial charge in [0.25, 0.3) is 0 Å². The zero-order chi connectivity index (χ0) is 14.3. The van der Waals surface area contributed by atoms with Gasteiger partial charge in [-0.2, -0.15) is 0 Å². The summed E-state index contributed by atoms with van der Waals surface area (Å²) in [5.74, 6) is 0.298. The summed E-state index contributed by atoms with van der Waals surface area (Å²) in [4.78, 5) is 0.369. The largest absolute Gasteiger partial charge is 0.393 e. The van der Waals surface area contributed by atoms with Crippen molar-refractivity contribution in [2.75, 3.05) is 5.75 Å². The maximum absolute atomic E-state index is 12.1. The van der Waals surface area contributed by atoms with Gasteiger partial charge in [0.15, 0.2) is 9.84 Å². The molecular formula is C15H22O3S. The molecule has 1 aromatic carbocycles. The SMILES string of the molecule is C=CC[C@H](O)C[C@@H](C)CCS(=O)(=O)c1ccccc1. The van der Waals surface area contributed by atoms with E-state index in [2.05, 4.69) is 6.58 Å². The maximum Gasteiger partial charge on any atom is 0.178 e. The molecule has 0 spiro atoms. The molecule has 0 radical (unpaired) electrons. The minimum atomic E-state index is -3.21. The van der Waals surface area contributed by atoms with Crippen molar-refractivity contribution in [1.29, 1.82) is 0 Å². The quantitative estimate of drug-likeness (QED) is 0.746. The van der Waals surface area contributed by atoms with Crippen molar-refractivity contribution in [1.82, 2.24) is 0 Å². The Hall–Kier alpha value is -1.13. The van der Waals surface area contributed by atoms with Gasteiger partial charge in [0.1, 0.15) is 0 Å². The van der Waals surface area contributed by atoms with Crippen LogP contribution < -0.4 is 0 Å². The Morgan fingerprint density at radius 2 is 1.95 bits per heavy atom. The molecule has 1 aromatic rings. The van der Waals surface area contributed by atoms with Crippen LogP contribution >= 0.6 is 0 Å². The van der Waals surface area contributed by atoms with E-state index in [1.807, 2.05) is 6.92 Å². The van der Waals surface area contributed by atoms with E-state index in [1.54, 1.807) is 36.4 Å². The third-order valence-electron chi connectivity index (χ3n) is 3.09. The summed E-state index contributed by atoms with van der Waals surface area (Å²) in [5.41, 5.74) is 0. The summed E-state index contributed by atoms with van der Waals surface area (Å²) >= 11 is 0. The van der Waals surface area contributed by atoms with E-state index in [4.69, 9.17) is 0 Å². The molecule has 1 rings (SSSR count). The minimum absolute atomic E-state index is 0.124. The molecule has 0 aromatic heterocycles. The molecule has 0 amide bonds. The van der Waals surface area contributed by atoms with Crippen molar-refractivity contribution in [3.05, 3.63) is 43.0 Å². The zero-order valence-electron chi connectivity index (χ0n) is 11.3. The lowest BCUT2D eigenvalue weighted by atomic mass is 9.99. The van der Waals surface area contributed by atoms with Crippen molar-refractivity contribution >= 4 is 9.84 Å². The summed E-state index contributed by atoms with van der Waals surface area (Å²) < 4.78 is 24.1. The summed E-state index contributed by atoms with van der Waals surface area (Å²) in [5, 5.41) is 9.65. The van der Waals surface area contributed by atoms with Crippen molar-refractivity contribution < 1.29 is 13.5 Å². The van der Waals surface area contributed by atoms with E-state index < -0.39 is 15.9 Å². The average Bonchev–Trinajstić information content (AvgIpc) is 2.38. The van der Waals surface area contributed by atoms with Gasteiger partial charge in [-0.05, 0) is 37.3 Å². The first-order chi connectivity index (χ1) is 8.95. The predicted molar refractivity (Wildman–Crippen MR) is 77.7 cm³/mol. The molecule has 0 aliphatic carbocycles. The van der Waals surface area contributed by atoms with E-state index in [0.717, 1.165) is 0 Å². The van der Waals surface area contributed by atoms with E-state index in [0.29, 0.717) is 24.2 Å². The van der Waals surface area contributed by atoms with Gasteiger partial charge in [-0.25, -0.2) is 8.42 Å². The van der Waals surface area contributed by atoms with Crippen molar-refractivity contribution in [3.8, 4) is 0 Å². The van der Waals surface area contributed by atoms with Crippen LogP contribution in [0, 0.1) is 5.92 Å². The van der Waals surface area contributed by atoms with E-state index in [1.165, 1.54) is 0 Å². The first-order valence-corrected chi connectivity index (χ1v) is 8.17. The molecule has 1 N–H and O–H groups in total. The van der Waals surface area contributed by atoms with Gasteiger partial charge in [-0.3, -0.25) is 0 Å². The highest BCUT2D eigenvalue weighted by Gasteiger charge is 2.17. The number of aliphatic hydroxyl groups is 1. The highest BCUT2D eigenvalue weighted by atomic mass is 32.2. The van der Waals surface area contributed by atoms with Gasteiger partial charge in [0.2, 0.25) is 0 Å². The average molecular weight is 282 g/mol. The van der Waals surface area contributed by atoms with Gasteiger partial charge >= 0.3 is 0 Å².